The van der Waals surface area contributed by atoms with Gasteiger partial charge in [0.2, 0.25) is 0 Å². The first-order valence-corrected chi connectivity index (χ1v) is 10.5. The second kappa shape index (κ2) is 8.53. The molecule has 1 aromatic carbocycles. The number of amides is 2. The molecule has 0 aliphatic heterocycles. The lowest BCUT2D eigenvalue weighted by Gasteiger charge is -2.23. The molecule has 1 heterocycles. The van der Waals surface area contributed by atoms with E-state index in [1.54, 1.807) is 45.0 Å². The van der Waals surface area contributed by atoms with Crippen molar-refractivity contribution in [2.24, 2.45) is 0 Å². The minimum atomic E-state index is -3.24. The summed E-state index contributed by atoms with van der Waals surface area (Å²) in [5.41, 5.74) is 6.55. The molecular weight excluding hydrogens is 382 g/mol. The molecule has 2 rings (SSSR count). The Morgan fingerprint density at radius 1 is 1.21 bits per heavy atom. The molecule has 5 N–H and O–H groups in total. The average Bonchev–Trinajstić information content (AvgIpc) is 2.61. The molecule has 0 aliphatic carbocycles. The Morgan fingerprint density at radius 3 is 2.43 bits per heavy atom. The maximum Gasteiger partial charge on any atom is 0.319 e. The topological polar surface area (TPSA) is 147 Å². The molecule has 0 unspecified atom stereocenters. The van der Waals surface area contributed by atoms with Crippen molar-refractivity contribution >= 4 is 27.4 Å². The molecular formula is C18H25N5O4S. The van der Waals surface area contributed by atoms with E-state index in [4.69, 9.17) is 5.73 Å². The summed E-state index contributed by atoms with van der Waals surface area (Å²) in [6, 6.07) is 7.71. The molecule has 2 amide bonds. The molecule has 0 aliphatic rings. The van der Waals surface area contributed by atoms with Crippen molar-refractivity contribution in [2.45, 2.75) is 32.1 Å². The third-order valence-electron chi connectivity index (χ3n) is 3.85. The normalized spacial score (nSPS) is 11.9. The molecule has 0 radical (unpaired) electrons. The number of nitrogens with two attached hydrogens (primary N) is 1. The van der Waals surface area contributed by atoms with Crippen LogP contribution in [-0.2, 0) is 15.6 Å². The molecule has 1 aromatic heterocycles. The van der Waals surface area contributed by atoms with Crippen LogP contribution in [0.4, 0.5) is 16.3 Å². The Morgan fingerprint density at radius 2 is 1.86 bits per heavy atom. The highest BCUT2D eigenvalue weighted by atomic mass is 32.2. The van der Waals surface area contributed by atoms with Gasteiger partial charge in [-0.15, -0.1) is 0 Å². The second-order valence-electron chi connectivity index (χ2n) is 6.98. The Kier molecular flexibility index (Phi) is 6.57. The molecule has 0 bridgehead atoms. The number of aliphatic hydroxyl groups excluding tert-OH is 1. The molecule has 0 saturated carbocycles. The maximum absolute atomic E-state index is 12.0. The zero-order valence-electron chi connectivity index (χ0n) is 16.1. The van der Waals surface area contributed by atoms with Gasteiger partial charge >= 0.3 is 6.03 Å². The van der Waals surface area contributed by atoms with Gasteiger partial charge in [-0.05, 0) is 38.1 Å². The number of aliphatic hydroxyl groups is 1. The van der Waals surface area contributed by atoms with Crippen molar-refractivity contribution in [1.82, 2.24) is 15.3 Å². The summed E-state index contributed by atoms with van der Waals surface area (Å²) in [7, 11) is -3.24. The Labute approximate surface area is 164 Å². The lowest BCUT2D eigenvalue weighted by atomic mass is 10.1. The van der Waals surface area contributed by atoms with E-state index >= 15 is 0 Å². The molecule has 0 fully saturated rings. The number of nitrogens with zero attached hydrogens (tertiary/aromatic N) is 2. The molecule has 2 aromatic rings. The number of nitrogens with one attached hydrogen (secondary N) is 2. The van der Waals surface area contributed by atoms with Crippen LogP contribution < -0.4 is 16.4 Å². The van der Waals surface area contributed by atoms with Crippen LogP contribution in [0.25, 0.3) is 11.4 Å². The van der Waals surface area contributed by atoms with Gasteiger partial charge in [0.1, 0.15) is 5.82 Å². The monoisotopic (exact) mass is 407 g/mol. The highest BCUT2D eigenvalue weighted by Gasteiger charge is 2.19. The Balaban J connectivity index is 2.17. The molecule has 10 heteroatoms. The van der Waals surface area contributed by atoms with E-state index in [0.29, 0.717) is 22.8 Å². The average molecular weight is 407 g/mol. The van der Waals surface area contributed by atoms with E-state index in [2.05, 4.69) is 20.6 Å². The number of urea groups is 1. The first-order chi connectivity index (χ1) is 13.0. The third kappa shape index (κ3) is 6.17. The van der Waals surface area contributed by atoms with Crippen LogP contribution in [0.3, 0.4) is 0 Å². The van der Waals surface area contributed by atoms with E-state index in [1.165, 1.54) is 6.07 Å². The van der Waals surface area contributed by atoms with E-state index in [9.17, 15) is 18.3 Å². The molecule has 9 nitrogen and oxygen atoms in total. The van der Waals surface area contributed by atoms with Gasteiger partial charge in [0.05, 0.1) is 23.6 Å². The van der Waals surface area contributed by atoms with Gasteiger partial charge in [-0.25, -0.2) is 23.2 Å². The van der Waals surface area contributed by atoms with Crippen molar-refractivity contribution in [3.63, 3.8) is 0 Å². The number of hydrogen-bond acceptors (Lipinski definition) is 7. The minimum Gasteiger partial charge on any atom is -0.394 e. The predicted molar refractivity (Wildman–Crippen MR) is 108 cm³/mol. The predicted octanol–water partition coefficient (Wildman–Crippen LogP) is 1.55. The summed E-state index contributed by atoms with van der Waals surface area (Å²) >= 11 is 0. The van der Waals surface area contributed by atoms with Crippen molar-refractivity contribution < 1.29 is 18.3 Å². The number of carbonyl (C=O) groups excluding carboxylic acids is 1. The fourth-order valence-corrected chi connectivity index (χ4v) is 3.06. The zero-order valence-corrected chi connectivity index (χ0v) is 16.9. The largest absolute Gasteiger partial charge is 0.394 e. The first-order valence-electron chi connectivity index (χ1n) is 8.68. The lowest BCUT2D eigenvalue weighted by Crippen LogP contribution is -2.48. The van der Waals surface area contributed by atoms with E-state index in [-0.39, 0.29) is 23.9 Å². The standard InChI is InChI=1S/C18H25N5O4S/c1-4-28(26,27)10-14-9-15(19)22-16(20-14)12-5-7-13(8-6-12)21-17(25)23-18(2,3)11-24/h5-9,24H,4,10-11H2,1-3H3,(H2,19,20,22)(H2,21,23,25). The highest BCUT2D eigenvalue weighted by molar-refractivity contribution is 7.90. The van der Waals surface area contributed by atoms with E-state index < -0.39 is 21.4 Å². The minimum absolute atomic E-state index is 0.0156. The first kappa shape index (κ1) is 21.6. The maximum atomic E-state index is 12.0. The van der Waals surface area contributed by atoms with Gasteiger partial charge in [-0.1, -0.05) is 6.92 Å². The van der Waals surface area contributed by atoms with Crippen LogP contribution in [0.5, 0.6) is 0 Å². The van der Waals surface area contributed by atoms with Gasteiger partial charge in [-0.2, -0.15) is 0 Å². The van der Waals surface area contributed by atoms with Gasteiger partial charge < -0.3 is 21.5 Å². The smallest absolute Gasteiger partial charge is 0.319 e. The summed E-state index contributed by atoms with van der Waals surface area (Å²) < 4.78 is 23.7. The number of rotatable bonds is 7. The molecule has 28 heavy (non-hydrogen) atoms. The number of sulfone groups is 1. The summed E-state index contributed by atoms with van der Waals surface area (Å²) in [5.74, 6) is 0.295. The molecule has 0 spiro atoms. The summed E-state index contributed by atoms with van der Waals surface area (Å²) in [6.45, 7) is 4.78. The van der Waals surface area contributed by atoms with Crippen LogP contribution in [0.15, 0.2) is 30.3 Å². The van der Waals surface area contributed by atoms with Gasteiger partial charge in [0.25, 0.3) is 0 Å². The van der Waals surface area contributed by atoms with Gasteiger partial charge in [0.15, 0.2) is 15.7 Å². The van der Waals surface area contributed by atoms with Gasteiger partial charge in [0, 0.05) is 23.1 Å². The fraction of sp³-hybridized carbons (Fsp3) is 0.389. The SMILES string of the molecule is CCS(=O)(=O)Cc1cc(N)nc(-c2ccc(NC(=O)NC(C)(C)CO)cc2)n1. The van der Waals surface area contributed by atoms with Crippen LogP contribution in [-0.4, -0.2) is 47.4 Å². The third-order valence-corrected chi connectivity index (χ3v) is 5.47. The van der Waals surface area contributed by atoms with E-state index in [0.717, 1.165) is 0 Å². The molecule has 0 atom stereocenters. The quantitative estimate of drug-likeness (QED) is 0.544. The lowest BCUT2D eigenvalue weighted by molar-refractivity contribution is 0.187. The number of hydrogen-bond donors (Lipinski definition) is 4. The summed E-state index contributed by atoms with van der Waals surface area (Å²) in [5, 5.41) is 14.5. The van der Waals surface area contributed by atoms with Crippen LogP contribution >= 0.6 is 0 Å². The van der Waals surface area contributed by atoms with E-state index in [1.807, 2.05) is 0 Å². The Hall–Kier alpha value is -2.72. The highest BCUT2D eigenvalue weighted by Crippen LogP contribution is 2.20. The zero-order chi connectivity index (χ0) is 20.9. The summed E-state index contributed by atoms with van der Waals surface area (Å²) in [6.07, 6.45) is 0. The van der Waals surface area contributed by atoms with Crippen LogP contribution in [0.2, 0.25) is 0 Å². The van der Waals surface area contributed by atoms with Gasteiger partial charge in [-0.3, -0.25) is 0 Å². The molecule has 0 saturated heterocycles. The number of aromatic nitrogens is 2. The summed E-state index contributed by atoms with van der Waals surface area (Å²) in [4.78, 5) is 20.4. The number of anilines is 2. The van der Waals surface area contributed by atoms with Crippen molar-refractivity contribution in [3.05, 3.63) is 36.0 Å². The van der Waals surface area contributed by atoms with Crippen molar-refractivity contribution in [1.29, 1.82) is 0 Å². The number of benzene rings is 1. The molecule has 152 valence electrons. The van der Waals surface area contributed by atoms with Crippen molar-refractivity contribution in [2.75, 3.05) is 23.4 Å². The fourth-order valence-electron chi connectivity index (χ4n) is 2.26. The Bertz CT molecular complexity index is 943. The number of nitrogen functional groups attached to an aromatic ring is 1. The van der Waals surface area contributed by atoms with Crippen LogP contribution in [0.1, 0.15) is 26.5 Å². The second-order valence-corrected chi connectivity index (χ2v) is 9.34. The number of carbonyl (C=O) groups is 1. The van der Waals surface area contributed by atoms with Crippen LogP contribution in [0, 0.1) is 0 Å². The van der Waals surface area contributed by atoms with Crippen molar-refractivity contribution in [3.8, 4) is 11.4 Å².